The maximum absolute atomic E-state index is 14.1. The van der Waals surface area contributed by atoms with E-state index in [2.05, 4.69) is 30.5 Å². The van der Waals surface area contributed by atoms with Crippen LogP contribution in [0.15, 0.2) is 42.9 Å². The molecule has 1 fully saturated rings. The molecule has 0 bridgehead atoms. The molecule has 174 valence electrons. The molecule has 0 saturated carbocycles. The zero-order valence-electron chi connectivity index (χ0n) is 18.1. The Bertz CT molecular complexity index is 1360. The van der Waals surface area contributed by atoms with E-state index in [0.717, 1.165) is 49.5 Å². The van der Waals surface area contributed by atoms with E-state index >= 15 is 0 Å². The Balaban J connectivity index is 1.58. The molecule has 11 heteroatoms. The number of ether oxygens (including phenoxy) is 1. The maximum atomic E-state index is 14.1. The van der Waals surface area contributed by atoms with Crippen molar-refractivity contribution in [3.8, 4) is 17.1 Å². The lowest BCUT2D eigenvalue weighted by atomic mass is 10.2. The highest BCUT2D eigenvalue weighted by molar-refractivity contribution is 5.95. The number of rotatable bonds is 5. The second-order valence-electron chi connectivity index (χ2n) is 7.62. The van der Waals surface area contributed by atoms with Crippen molar-refractivity contribution in [2.24, 2.45) is 0 Å². The fourth-order valence-corrected chi connectivity index (χ4v) is 3.82. The first-order valence-electron chi connectivity index (χ1n) is 10.6. The van der Waals surface area contributed by atoms with Crippen molar-refractivity contribution in [3.05, 3.63) is 60.3 Å². The minimum Gasteiger partial charge on any atom is -0.494 e. The third kappa shape index (κ3) is 4.05. The minimum absolute atomic E-state index is 0.221. The molecule has 4 aromatic rings. The van der Waals surface area contributed by atoms with Gasteiger partial charge in [0, 0.05) is 37.9 Å². The molecule has 0 spiro atoms. The summed E-state index contributed by atoms with van der Waals surface area (Å²) in [6.07, 6.45) is 4.77. The average molecular weight is 467 g/mol. The van der Waals surface area contributed by atoms with E-state index in [0.29, 0.717) is 22.7 Å². The summed E-state index contributed by atoms with van der Waals surface area (Å²) >= 11 is 0. The summed E-state index contributed by atoms with van der Waals surface area (Å²) in [5.41, 5.74) is 0.968. The van der Waals surface area contributed by atoms with Gasteiger partial charge in [-0.3, -0.25) is 4.98 Å². The third-order valence-corrected chi connectivity index (χ3v) is 5.51. The highest BCUT2D eigenvalue weighted by Gasteiger charge is 2.21. The Kier molecular flexibility index (Phi) is 5.84. The third-order valence-electron chi connectivity index (χ3n) is 5.51. The minimum atomic E-state index is -1.55. The molecule has 34 heavy (non-hydrogen) atoms. The number of halogens is 3. The lowest BCUT2D eigenvalue weighted by Crippen LogP contribution is -2.44. The molecule has 4 heterocycles. The summed E-state index contributed by atoms with van der Waals surface area (Å²) < 4.78 is 46.5. The van der Waals surface area contributed by atoms with Gasteiger partial charge in [-0.25, -0.2) is 28.1 Å². The van der Waals surface area contributed by atoms with Crippen molar-refractivity contribution >= 4 is 28.2 Å². The fourth-order valence-electron chi connectivity index (χ4n) is 3.82. The summed E-state index contributed by atoms with van der Waals surface area (Å²) in [5.74, 6) is -2.22. The molecule has 2 N–H and O–H groups in total. The molecule has 1 aromatic carbocycles. The van der Waals surface area contributed by atoms with Crippen LogP contribution in [0.2, 0.25) is 0 Å². The first-order valence-corrected chi connectivity index (χ1v) is 10.6. The van der Waals surface area contributed by atoms with E-state index in [9.17, 15) is 13.2 Å². The number of anilines is 3. The average Bonchev–Trinajstić information content (AvgIpc) is 2.88. The molecule has 0 aliphatic carbocycles. The molecular formula is C23H20F3N7O. The van der Waals surface area contributed by atoms with Crippen LogP contribution in [-0.4, -0.2) is 53.2 Å². The highest BCUT2D eigenvalue weighted by atomic mass is 19.2. The number of hydrogen-bond donors (Lipinski definition) is 2. The van der Waals surface area contributed by atoms with E-state index in [-0.39, 0.29) is 11.5 Å². The van der Waals surface area contributed by atoms with Crippen LogP contribution in [0.3, 0.4) is 0 Å². The van der Waals surface area contributed by atoms with Crippen LogP contribution >= 0.6 is 0 Å². The van der Waals surface area contributed by atoms with Crippen LogP contribution in [-0.2, 0) is 0 Å². The van der Waals surface area contributed by atoms with E-state index in [1.54, 1.807) is 31.6 Å². The maximum Gasteiger partial charge on any atom is 0.196 e. The van der Waals surface area contributed by atoms with Gasteiger partial charge in [0.2, 0.25) is 0 Å². The largest absolute Gasteiger partial charge is 0.494 e. The van der Waals surface area contributed by atoms with Crippen molar-refractivity contribution in [2.45, 2.75) is 0 Å². The standard InChI is InChI=1S/C23H20F3N7O/c1-34-17-12-28-11-16-19(17)23(33-8-6-27-7-9-33)32-22(31-16)13-4-5-29-18(10-13)30-15-3-2-14(24)20(25)21(15)26/h2-5,10-12,27H,6-9H2,1H3,(H,29,30). The number of nitrogens with one attached hydrogen (secondary N) is 2. The van der Waals surface area contributed by atoms with Crippen molar-refractivity contribution < 1.29 is 17.9 Å². The van der Waals surface area contributed by atoms with Gasteiger partial charge in [-0.2, -0.15) is 0 Å². The monoisotopic (exact) mass is 467 g/mol. The molecule has 1 aliphatic rings. The Morgan fingerprint density at radius 3 is 2.65 bits per heavy atom. The van der Waals surface area contributed by atoms with E-state index in [1.807, 2.05) is 0 Å². The van der Waals surface area contributed by atoms with Crippen LogP contribution in [0, 0.1) is 17.5 Å². The van der Waals surface area contributed by atoms with Gasteiger partial charge in [-0.1, -0.05) is 0 Å². The molecular weight excluding hydrogens is 447 g/mol. The van der Waals surface area contributed by atoms with E-state index in [4.69, 9.17) is 9.72 Å². The summed E-state index contributed by atoms with van der Waals surface area (Å²) in [5, 5.41) is 6.77. The van der Waals surface area contributed by atoms with E-state index < -0.39 is 17.5 Å². The highest BCUT2D eigenvalue weighted by Crippen LogP contribution is 2.34. The number of fused-ring (bicyclic) bond motifs is 1. The SMILES string of the molecule is COc1cncc2nc(-c3ccnc(Nc4ccc(F)c(F)c4F)c3)nc(N3CCNCC3)c12. The van der Waals surface area contributed by atoms with Gasteiger partial charge in [0.05, 0.1) is 36.1 Å². The predicted octanol–water partition coefficient (Wildman–Crippen LogP) is 3.67. The number of hydrogen-bond acceptors (Lipinski definition) is 8. The predicted molar refractivity (Wildman–Crippen MR) is 122 cm³/mol. The Morgan fingerprint density at radius 1 is 1.03 bits per heavy atom. The Hall–Kier alpha value is -3.99. The first kappa shape index (κ1) is 21.8. The van der Waals surface area contributed by atoms with Crippen LogP contribution in [0.1, 0.15) is 0 Å². The second kappa shape index (κ2) is 9.10. The van der Waals surface area contributed by atoms with Gasteiger partial charge in [-0.05, 0) is 24.3 Å². The molecule has 0 amide bonds. The van der Waals surface area contributed by atoms with Gasteiger partial charge < -0.3 is 20.3 Å². The zero-order valence-corrected chi connectivity index (χ0v) is 18.1. The number of methoxy groups -OCH3 is 1. The second-order valence-corrected chi connectivity index (χ2v) is 7.62. The molecule has 1 aliphatic heterocycles. The van der Waals surface area contributed by atoms with Gasteiger partial charge >= 0.3 is 0 Å². The lowest BCUT2D eigenvalue weighted by molar-refractivity contribution is 0.418. The van der Waals surface area contributed by atoms with Gasteiger partial charge in [0.1, 0.15) is 17.4 Å². The number of piperazine rings is 1. The molecule has 0 unspecified atom stereocenters. The summed E-state index contributed by atoms with van der Waals surface area (Å²) in [4.78, 5) is 20.0. The van der Waals surface area contributed by atoms with Gasteiger partial charge in [-0.15, -0.1) is 0 Å². The number of nitrogens with zero attached hydrogens (tertiary/aromatic N) is 5. The Labute approximate surface area is 192 Å². The molecule has 1 saturated heterocycles. The van der Waals surface area contributed by atoms with Crippen LogP contribution in [0.25, 0.3) is 22.3 Å². The van der Waals surface area contributed by atoms with Crippen molar-refractivity contribution in [1.29, 1.82) is 0 Å². The molecule has 0 radical (unpaired) electrons. The number of aromatic nitrogens is 4. The topological polar surface area (TPSA) is 88.1 Å². The summed E-state index contributed by atoms with van der Waals surface area (Å²) in [6.45, 7) is 3.15. The van der Waals surface area contributed by atoms with Crippen LogP contribution in [0.5, 0.6) is 5.75 Å². The van der Waals surface area contributed by atoms with Crippen LogP contribution in [0.4, 0.5) is 30.5 Å². The normalized spacial score (nSPS) is 13.8. The smallest absolute Gasteiger partial charge is 0.196 e. The first-order chi connectivity index (χ1) is 16.5. The number of benzene rings is 1. The van der Waals surface area contributed by atoms with Gasteiger partial charge in [0.15, 0.2) is 23.3 Å². The molecule has 8 nitrogen and oxygen atoms in total. The quantitative estimate of drug-likeness (QED) is 0.430. The van der Waals surface area contributed by atoms with E-state index in [1.165, 1.54) is 6.20 Å². The van der Waals surface area contributed by atoms with Gasteiger partial charge in [0.25, 0.3) is 0 Å². The fraction of sp³-hybridized carbons (Fsp3) is 0.217. The Morgan fingerprint density at radius 2 is 1.85 bits per heavy atom. The van der Waals surface area contributed by atoms with Crippen LogP contribution < -0.4 is 20.3 Å². The molecule has 3 aromatic heterocycles. The summed E-state index contributed by atoms with van der Waals surface area (Å²) in [7, 11) is 1.57. The lowest BCUT2D eigenvalue weighted by Gasteiger charge is -2.29. The van der Waals surface area contributed by atoms with Crippen molar-refractivity contribution in [3.63, 3.8) is 0 Å². The zero-order chi connectivity index (χ0) is 23.7. The summed E-state index contributed by atoms with van der Waals surface area (Å²) in [6, 6.07) is 5.27. The number of pyridine rings is 2. The molecule has 5 rings (SSSR count). The van der Waals surface area contributed by atoms with Crippen molar-refractivity contribution in [1.82, 2.24) is 25.3 Å². The molecule has 0 atom stereocenters. The van der Waals surface area contributed by atoms with Crippen molar-refractivity contribution in [2.75, 3.05) is 43.5 Å².